The number of terminal acetylenes is 1. The Labute approximate surface area is 61.8 Å². The van der Waals surface area contributed by atoms with E-state index in [-0.39, 0.29) is 5.91 Å². The van der Waals surface area contributed by atoms with Gasteiger partial charge in [0, 0.05) is 11.8 Å². The third-order valence-electron chi connectivity index (χ3n) is 1.56. The molecule has 0 heterocycles. The molecule has 2 nitrogen and oxygen atoms in total. The van der Waals surface area contributed by atoms with Gasteiger partial charge in [-0.25, -0.2) is 0 Å². The van der Waals surface area contributed by atoms with Crippen LogP contribution in [0.1, 0.15) is 26.7 Å². The lowest BCUT2D eigenvalue weighted by atomic mass is 9.87. The predicted octanol–water partition coefficient (Wildman–Crippen LogP) is 0.911. The molecule has 2 heteroatoms. The van der Waals surface area contributed by atoms with Crippen molar-refractivity contribution >= 4 is 5.91 Å². The molecule has 0 aliphatic heterocycles. The molecule has 0 fully saturated rings. The van der Waals surface area contributed by atoms with E-state index in [9.17, 15) is 4.79 Å². The molecule has 0 spiro atoms. The van der Waals surface area contributed by atoms with Gasteiger partial charge in [0.25, 0.3) is 0 Å². The van der Waals surface area contributed by atoms with E-state index in [1.165, 1.54) is 0 Å². The van der Waals surface area contributed by atoms with Crippen LogP contribution in [0.5, 0.6) is 0 Å². The predicted molar refractivity (Wildman–Crippen MR) is 41.0 cm³/mol. The summed E-state index contributed by atoms with van der Waals surface area (Å²) in [6, 6.07) is 0. The molecular formula is C8H13NO. The molecule has 0 aromatic carbocycles. The standard InChI is InChI=1S/C8H13NO/c1-4-5-6-8(2,3)7(9)10/h1H,5-6H2,2-3H3,(H2,9,10). The Morgan fingerprint density at radius 2 is 2.20 bits per heavy atom. The summed E-state index contributed by atoms with van der Waals surface area (Å²) in [7, 11) is 0. The second-order valence-electron chi connectivity index (χ2n) is 2.95. The number of nitrogens with two attached hydrogens (primary N) is 1. The van der Waals surface area contributed by atoms with Crippen molar-refractivity contribution in [2.24, 2.45) is 11.1 Å². The topological polar surface area (TPSA) is 43.1 Å². The number of amides is 1. The van der Waals surface area contributed by atoms with Gasteiger partial charge in [-0.3, -0.25) is 4.79 Å². The molecule has 0 aliphatic carbocycles. The van der Waals surface area contributed by atoms with Crippen LogP contribution in [0.3, 0.4) is 0 Å². The molecule has 0 unspecified atom stereocenters. The van der Waals surface area contributed by atoms with Crippen molar-refractivity contribution in [1.29, 1.82) is 0 Å². The van der Waals surface area contributed by atoms with Gasteiger partial charge in [0.2, 0.25) is 5.91 Å². The SMILES string of the molecule is C#CCCC(C)(C)C(N)=O. The van der Waals surface area contributed by atoms with E-state index in [4.69, 9.17) is 12.2 Å². The van der Waals surface area contributed by atoms with E-state index < -0.39 is 5.41 Å². The van der Waals surface area contributed by atoms with Crippen LogP contribution in [0, 0.1) is 17.8 Å². The maximum absolute atomic E-state index is 10.7. The van der Waals surface area contributed by atoms with Crippen LogP contribution in [-0.4, -0.2) is 5.91 Å². The van der Waals surface area contributed by atoms with E-state index in [1.807, 2.05) is 0 Å². The lowest BCUT2D eigenvalue weighted by Gasteiger charge is -2.17. The highest BCUT2D eigenvalue weighted by Gasteiger charge is 2.23. The Bertz CT molecular complexity index is 165. The van der Waals surface area contributed by atoms with E-state index in [0.29, 0.717) is 12.8 Å². The molecule has 0 saturated heterocycles. The molecule has 0 aromatic rings. The van der Waals surface area contributed by atoms with Gasteiger partial charge in [0.1, 0.15) is 0 Å². The van der Waals surface area contributed by atoms with Crippen LogP contribution in [-0.2, 0) is 4.79 Å². The van der Waals surface area contributed by atoms with Crippen molar-refractivity contribution in [3.63, 3.8) is 0 Å². The first-order chi connectivity index (χ1) is 4.50. The second-order valence-corrected chi connectivity index (χ2v) is 2.95. The molecule has 10 heavy (non-hydrogen) atoms. The molecule has 56 valence electrons. The highest BCUT2D eigenvalue weighted by atomic mass is 16.1. The maximum atomic E-state index is 10.7. The molecule has 0 atom stereocenters. The first kappa shape index (κ1) is 9.03. The normalized spacial score (nSPS) is 10.5. The first-order valence-electron chi connectivity index (χ1n) is 3.24. The van der Waals surface area contributed by atoms with Crippen LogP contribution in [0.4, 0.5) is 0 Å². The van der Waals surface area contributed by atoms with Gasteiger partial charge in [0.05, 0.1) is 0 Å². The molecule has 0 radical (unpaired) electrons. The summed E-state index contributed by atoms with van der Waals surface area (Å²) in [6.07, 6.45) is 6.31. The number of rotatable bonds is 3. The highest BCUT2D eigenvalue weighted by Crippen LogP contribution is 2.20. The Morgan fingerprint density at radius 1 is 1.70 bits per heavy atom. The first-order valence-corrected chi connectivity index (χ1v) is 3.24. The smallest absolute Gasteiger partial charge is 0.223 e. The van der Waals surface area contributed by atoms with E-state index in [0.717, 1.165) is 0 Å². The lowest BCUT2D eigenvalue weighted by Crippen LogP contribution is -2.31. The van der Waals surface area contributed by atoms with E-state index in [1.54, 1.807) is 13.8 Å². The second kappa shape index (κ2) is 3.26. The largest absolute Gasteiger partial charge is 0.369 e. The Balaban J connectivity index is 3.90. The quantitative estimate of drug-likeness (QED) is 0.580. The summed E-state index contributed by atoms with van der Waals surface area (Å²) in [4.78, 5) is 10.7. The Morgan fingerprint density at radius 3 is 2.50 bits per heavy atom. The van der Waals surface area contributed by atoms with Crippen LogP contribution in [0.2, 0.25) is 0 Å². The summed E-state index contributed by atoms with van der Waals surface area (Å²) in [5.74, 6) is 2.18. The number of hydrogen-bond donors (Lipinski definition) is 1. The average Bonchev–Trinajstić information content (AvgIpc) is 1.84. The molecule has 0 rings (SSSR count). The van der Waals surface area contributed by atoms with Crippen LogP contribution in [0.25, 0.3) is 0 Å². The van der Waals surface area contributed by atoms with Crippen molar-refractivity contribution in [2.45, 2.75) is 26.7 Å². The zero-order chi connectivity index (χ0) is 8.20. The third-order valence-corrected chi connectivity index (χ3v) is 1.56. The summed E-state index contributed by atoms with van der Waals surface area (Å²) in [5.41, 5.74) is 4.65. The minimum Gasteiger partial charge on any atom is -0.369 e. The number of carbonyl (C=O) groups is 1. The lowest BCUT2D eigenvalue weighted by molar-refractivity contribution is -0.126. The number of hydrogen-bond acceptors (Lipinski definition) is 1. The van der Waals surface area contributed by atoms with Gasteiger partial charge in [0.15, 0.2) is 0 Å². The van der Waals surface area contributed by atoms with Gasteiger partial charge in [-0.05, 0) is 6.42 Å². The van der Waals surface area contributed by atoms with Crippen LogP contribution >= 0.6 is 0 Å². The summed E-state index contributed by atoms with van der Waals surface area (Å²) in [6.45, 7) is 3.60. The van der Waals surface area contributed by atoms with Crippen molar-refractivity contribution in [3.05, 3.63) is 0 Å². The van der Waals surface area contributed by atoms with E-state index >= 15 is 0 Å². The summed E-state index contributed by atoms with van der Waals surface area (Å²) < 4.78 is 0. The number of carbonyl (C=O) groups excluding carboxylic acids is 1. The van der Waals surface area contributed by atoms with Gasteiger partial charge in [-0.15, -0.1) is 12.3 Å². The fourth-order valence-corrected chi connectivity index (χ4v) is 0.508. The maximum Gasteiger partial charge on any atom is 0.223 e. The zero-order valence-electron chi connectivity index (χ0n) is 6.48. The average molecular weight is 139 g/mol. The molecule has 1 amide bonds. The van der Waals surface area contributed by atoms with Crippen LogP contribution in [0.15, 0.2) is 0 Å². The van der Waals surface area contributed by atoms with Gasteiger partial charge in [-0.1, -0.05) is 13.8 Å². The van der Waals surface area contributed by atoms with Crippen molar-refractivity contribution in [1.82, 2.24) is 0 Å². The minimum absolute atomic E-state index is 0.289. The molecule has 0 aromatic heterocycles. The Hall–Kier alpha value is -0.970. The molecule has 0 saturated carbocycles. The van der Waals surface area contributed by atoms with Crippen molar-refractivity contribution in [2.75, 3.05) is 0 Å². The highest BCUT2D eigenvalue weighted by molar-refractivity contribution is 5.79. The number of primary amides is 1. The van der Waals surface area contributed by atoms with Crippen molar-refractivity contribution in [3.8, 4) is 12.3 Å². The van der Waals surface area contributed by atoms with Crippen molar-refractivity contribution < 1.29 is 4.79 Å². The minimum atomic E-state index is -0.452. The van der Waals surface area contributed by atoms with Gasteiger partial charge in [-0.2, -0.15) is 0 Å². The Kier molecular flexibility index (Phi) is 2.95. The summed E-state index contributed by atoms with van der Waals surface area (Å²) in [5, 5.41) is 0. The molecule has 0 bridgehead atoms. The summed E-state index contributed by atoms with van der Waals surface area (Å²) >= 11 is 0. The molecule has 0 aliphatic rings. The molecular weight excluding hydrogens is 126 g/mol. The van der Waals surface area contributed by atoms with E-state index in [2.05, 4.69) is 5.92 Å². The van der Waals surface area contributed by atoms with Gasteiger partial charge < -0.3 is 5.73 Å². The monoisotopic (exact) mass is 139 g/mol. The van der Waals surface area contributed by atoms with Gasteiger partial charge >= 0.3 is 0 Å². The zero-order valence-corrected chi connectivity index (χ0v) is 6.48. The van der Waals surface area contributed by atoms with Crippen LogP contribution < -0.4 is 5.73 Å². The fourth-order valence-electron chi connectivity index (χ4n) is 0.508. The third kappa shape index (κ3) is 2.54. The fraction of sp³-hybridized carbons (Fsp3) is 0.625. The molecule has 2 N–H and O–H groups in total.